The number of halogens is 1. The Balaban J connectivity index is 1.66. The summed E-state index contributed by atoms with van der Waals surface area (Å²) in [7, 11) is 0. The molecule has 0 unspecified atom stereocenters. The van der Waals surface area contributed by atoms with E-state index in [1.165, 1.54) is 12.8 Å². The first-order valence-electron chi connectivity index (χ1n) is 7.77. The van der Waals surface area contributed by atoms with Crippen molar-refractivity contribution >= 4 is 27.8 Å². The zero-order valence-corrected chi connectivity index (χ0v) is 14.4. The number of amides is 1. The molecule has 0 aliphatic heterocycles. The van der Waals surface area contributed by atoms with Crippen LogP contribution in [0, 0.1) is 0 Å². The van der Waals surface area contributed by atoms with Crippen LogP contribution < -0.4 is 16.0 Å². The van der Waals surface area contributed by atoms with Crippen molar-refractivity contribution in [3.63, 3.8) is 0 Å². The van der Waals surface area contributed by atoms with E-state index in [2.05, 4.69) is 43.8 Å². The van der Waals surface area contributed by atoms with Crippen molar-refractivity contribution in [2.75, 3.05) is 19.6 Å². The van der Waals surface area contributed by atoms with Gasteiger partial charge in [-0.1, -0.05) is 15.9 Å². The summed E-state index contributed by atoms with van der Waals surface area (Å²) in [5.41, 5.74) is 0.676. The standard InChI is InChI=1S/C16H23BrN4O/c1-2-18-16(21-14-8-9-14)20-11-3-10-19-15(22)12-4-6-13(17)7-5-12/h4-7,14H,2-3,8-11H2,1H3,(H,19,22)(H2,18,20,21). The normalized spacial score (nSPS) is 14.5. The van der Waals surface area contributed by atoms with Crippen molar-refractivity contribution < 1.29 is 4.79 Å². The monoisotopic (exact) mass is 366 g/mol. The Morgan fingerprint density at radius 1 is 1.27 bits per heavy atom. The molecule has 120 valence electrons. The molecule has 0 heterocycles. The fraction of sp³-hybridized carbons (Fsp3) is 0.500. The van der Waals surface area contributed by atoms with Gasteiger partial charge >= 0.3 is 0 Å². The van der Waals surface area contributed by atoms with Gasteiger partial charge < -0.3 is 16.0 Å². The molecule has 0 radical (unpaired) electrons. The Morgan fingerprint density at radius 2 is 2.00 bits per heavy atom. The zero-order valence-electron chi connectivity index (χ0n) is 12.9. The quantitative estimate of drug-likeness (QED) is 0.394. The van der Waals surface area contributed by atoms with Crippen LogP contribution in [0.3, 0.4) is 0 Å². The predicted octanol–water partition coefficient (Wildman–Crippen LogP) is 2.29. The maximum absolute atomic E-state index is 11.9. The van der Waals surface area contributed by atoms with E-state index in [1.807, 2.05) is 12.1 Å². The average Bonchev–Trinajstić information content (AvgIpc) is 3.31. The molecule has 2 rings (SSSR count). The van der Waals surface area contributed by atoms with Crippen LogP contribution in [0.2, 0.25) is 0 Å². The van der Waals surface area contributed by atoms with Crippen molar-refractivity contribution in [1.82, 2.24) is 16.0 Å². The van der Waals surface area contributed by atoms with Gasteiger partial charge in [0.25, 0.3) is 5.91 Å². The topological polar surface area (TPSA) is 65.5 Å². The highest BCUT2D eigenvalue weighted by Gasteiger charge is 2.21. The van der Waals surface area contributed by atoms with Gasteiger partial charge in [0.1, 0.15) is 0 Å². The highest BCUT2D eigenvalue weighted by molar-refractivity contribution is 9.10. The highest BCUT2D eigenvalue weighted by Crippen LogP contribution is 2.18. The Bertz CT molecular complexity index is 511. The lowest BCUT2D eigenvalue weighted by atomic mass is 10.2. The Morgan fingerprint density at radius 3 is 2.64 bits per heavy atom. The average molecular weight is 367 g/mol. The van der Waals surface area contributed by atoms with Crippen molar-refractivity contribution in [3.8, 4) is 0 Å². The predicted molar refractivity (Wildman–Crippen MR) is 93.2 cm³/mol. The Labute approximate surface area is 140 Å². The molecule has 0 bridgehead atoms. The summed E-state index contributed by atoms with van der Waals surface area (Å²) in [6, 6.07) is 7.94. The minimum atomic E-state index is -0.0421. The van der Waals surface area contributed by atoms with Gasteiger partial charge in [-0.2, -0.15) is 0 Å². The van der Waals surface area contributed by atoms with Gasteiger partial charge in [-0.3, -0.25) is 9.79 Å². The van der Waals surface area contributed by atoms with Gasteiger partial charge in [-0.25, -0.2) is 0 Å². The molecule has 6 heteroatoms. The second kappa shape index (κ2) is 8.78. The summed E-state index contributed by atoms with van der Waals surface area (Å²) >= 11 is 3.36. The molecular weight excluding hydrogens is 344 g/mol. The number of nitrogens with zero attached hydrogens (tertiary/aromatic N) is 1. The zero-order chi connectivity index (χ0) is 15.8. The Hall–Kier alpha value is -1.56. The van der Waals surface area contributed by atoms with Crippen LogP contribution in [0.5, 0.6) is 0 Å². The lowest BCUT2D eigenvalue weighted by Crippen LogP contribution is -2.38. The summed E-state index contributed by atoms with van der Waals surface area (Å²) in [6.07, 6.45) is 3.28. The maximum Gasteiger partial charge on any atom is 0.251 e. The largest absolute Gasteiger partial charge is 0.357 e. The third-order valence-electron chi connectivity index (χ3n) is 3.26. The molecule has 22 heavy (non-hydrogen) atoms. The number of hydrogen-bond acceptors (Lipinski definition) is 2. The molecular formula is C16H23BrN4O. The van der Waals surface area contributed by atoms with E-state index in [1.54, 1.807) is 12.1 Å². The van der Waals surface area contributed by atoms with E-state index in [9.17, 15) is 4.79 Å². The third-order valence-corrected chi connectivity index (χ3v) is 3.79. The first-order chi connectivity index (χ1) is 10.7. The van der Waals surface area contributed by atoms with Crippen LogP contribution in [0.15, 0.2) is 33.7 Å². The van der Waals surface area contributed by atoms with Gasteiger partial charge in [0, 0.05) is 35.7 Å². The highest BCUT2D eigenvalue weighted by atomic mass is 79.9. The van der Waals surface area contributed by atoms with Crippen LogP contribution in [0.1, 0.15) is 36.5 Å². The van der Waals surface area contributed by atoms with E-state index < -0.39 is 0 Å². The van der Waals surface area contributed by atoms with E-state index in [4.69, 9.17) is 0 Å². The molecule has 1 aromatic rings. The molecule has 1 aromatic carbocycles. The molecule has 5 nitrogen and oxygen atoms in total. The number of nitrogens with one attached hydrogen (secondary N) is 3. The first-order valence-corrected chi connectivity index (χ1v) is 8.57. The molecule has 1 aliphatic rings. The van der Waals surface area contributed by atoms with Crippen molar-refractivity contribution in [3.05, 3.63) is 34.3 Å². The van der Waals surface area contributed by atoms with Crippen molar-refractivity contribution in [2.45, 2.75) is 32.2 Å². The van der Waals surface area contributed by atoms with Gasteiger partial charge in [0.2, 0.25) is 0 Å². The van der Waals surface area contributed by atoms with Crippen LogP contribution in [-0.2, 0) is 0 Å². The SMILES string of the molecule is CCNC(=NCCCNC(=O)c1ccc(Br)cc1)NC1CC1. The summed E-state index contributed by atoms with van der Waals surface area (Å²) in [4.78, 5) is 16.4. The minimum absolute atomic E-state index is 0.0421. The lowest BCUT2D eigenvalue weighted by Gasteiger charge is -2.10. The van der Waals surface area contributed by atoms with Crippen LogP contribution in [-0.4, -0.2) is 37.5 Å². The first kappa shape index (κ1) is 16.8. The van der Waals surface area contributed by atoms with E-state index in [-0.39, 0.29) is 5.91 Å². The second-order valence-corrected chi connectivity index (χ2v) is 6.21. The van der Waals surface area contributed by atoms with Crippen LogP contribution in [0.4, 0.5) is 0 Å². The number of rotatable bonds is 7. The molecule has 0 atom stereocenters. The molecule has 0 spiro atoms. The number of hydrogen-bond donors (Lipinski definition) is 3. The molecule has 1 saturated carbocycles. The number of aliphatic imine (C=N–C) groups is 1. The fourth-order valence-electron chi connectivity index (χ4n) is 1.92. The van der Waals surface area contributed by atoms with Crippen LogP contribution in [0.25, 0.3) is 0 Å². The maximum atomic E-state index is 11.9. The summed E-state index contributed by atoms with van der Waals surface area (Å²) in [6.45, 7) is 4.24. The van der Waals surface area contributed by atoms with Crippen molar-refractivity contribution in [1.29, 1.82) is 0 Å². The summed E-state index contributed by atoms with van der Waals surface area (Å²) in [5.74, 6) is 0.837. The molecule has 1 aliphatic carbocycles. The Kier molecular flexibility index (Phi) is 6.71. The number of carbonyl (C=O) groups is 1. The smallest absolute Gasteiger partial charge is 0.251 e. The minimum Gasteiger partial charge on any atom is -0.357 e. The molecule has 0 aromatic heterocycles. The van der Waals surface area contributed by atoms with Gasteiger partial charge in [0.05, 0.1) is 0 Å². The molecule has 0 saturated heterocycles. The molecule has 3 N–H and O–H groups in total. The third kappa shape index (κ3) is 6.05. The second-order valence-electron chi connectivity index (χ2n) is 5.30. The van der Waals surface area contributed by atoms with E-state index >= 15 is 0 Å². The van der Waals surface area contributed by atoms with E-state index in [0.717, 1.165) is 23.4 Å². The van der Waals surface area contributed by atoms with E-state index in [0.29, 0.717) is 24.7 Å². The van der Waals surface area contributed by atoms with Gasteiger partial charge in [0.15, 0.2) is 5.96 Å². The summed E-state index contributed by atoms with van der Waals surface area (Å²) < 4.78 is 0.970. The fourth-order valence-corrected chi connectivity index (χ4v) is 2.18. The molecule has 1 fully saturated rings. The number of benzene rings is 1. The van der Waals surface area contributed by atoms with Crippen molar-refractivity contribution in [2.24, 2.45) is 4.99 Å². The molecule has 1 amide bonds. The number of carbonyl (C=O) groups excluding carboxylic acids is 1. The van der Waals surface area contributed by atoms with Gasteiger partial charge in [-0.15, -0.1) is 0 Å². The van der Waals surface area contributed by atoms with Gasteiger partial charge in [-0.05, 0) is 50.5 Å². The number of guanidine groups is 1. The summed E-state index contributed by atoms with van der Waals surface area (Å²) in [5, 5.41) is 9.51. The van der Waals surface area contributed by atoms with Crippen LogP contribution >= 0.6 is 15.9 Å². The lowest BCUT2D eigenvalue weighted by molar-refractivity contribution is 0.0953.